The van der Waals surface area contributed by atoms with E-state index in [1.54, 1.807) is 6.07 Å². The third-order valence-electron chi connectivity index (χ3n) is 10.1. The van der Waals surface area contributed by atoms with Crippen molar-refractivity contribution in [3.05, 3.63) is 119 Å². The van der Waals surface area contributed by atoms with Gasteiger partial charge in [0.1, 0.15) is 8.07 Å². The second-order valence-electron chi connectivity index (χ2n) is 18.3. The Labute approximate surface area is 347 Å². The predicted octanol–water partition coefficient (Wildman–Crippen LogP) is 14.3. The van der Waals surface area contributed by atoms with Gasteiger partial charge in [-0.25, -0.2) is 8.78 Å². The second-order valence-corrected chi connectivity index (χ2v) is 23.4. The average molecular weight is 962 g/mol. The fourth-order valence-corrected chi connectivity index (χ4v) is 7.59. The summed E-state index contributed by atoms with van der Waals surface area (Å²) in [7, 11) is -3.61. The summed E-state index contributed by atoms with van der Waals surface area (Å²) in [5.74, 6) is -2.99. The van der Waals surface area contributed by atoms with Crippen LogP contribution in [0.1, 0.15) is 109 Å². The largest absolute Gasteiger partial charge is 2.00 e. The number of benzene rings is 3. The van der Waals surface area contributed by atoms with E-state index >= 15 is 17.6 Å². The Kier molecular flexibility index (Phi) is 13.1. The maximum atomic E-state index is 15.5. The Hall–Kier alpha value is -3.61. The van der Waals surface area contributed by atoms with Crippen molar-refractivity contribution in [2.75, 3.05) is 0 Å². The molecule has 300 valence electrons. The van der Waals surface area contributed by atoms with Crippen molar-refractivity contribution in [2.45, 2.75) is 123 Å². The van der Waals surface area contributed by atoms with E-state index < -0.39 is 25.1 Å². The van der Waals surface area contributed by atoms with E-state index in [-0.39, 0.29) is 37.6 Å². The standard InChI is InChI=1S/C47H54F4N2OSi.Pt/c1-29(2)39-15-14-16-40(30(3)4)43(39)31-17-19-52-41(25-31)32-21-35(44(5,6)7)26-37(23-32)54-38-24-33(22-36(27-38)45(8,9)10)42-28-34(18-20-53-42)46(48,49)47(50,51)55(11,12)13;/h14-22,25-30H,1-13H3;/q-2;+2. The first-order valence-corrected chi connectivity index (χ1v) is 22.5. The van der Waals surface area contributed by atoms with Crippen molar-refractivity contribution in [1.29, 1.82) is 0 Å². The quantitative estimate of drug-likeness (QED) is 0.0795. The van der Waals surface area contributed by atoms with Crippen LogP contribution in [-0.2, 0) is 37.8 Å². The molecule has 0 saturated carbocycles. The molecule has 56 heavy (non-hydrogen) atoms. The molecule has 2 heterocycles. The number of nitrogens with zero attached hydrogens (tertiary/aromatic N) is 2. The molecule has 0 aliphatic heterocycles. The van der Waals surface area contributed by atoms with Crippen molar-refractivity contribution in [3.8, 4) is 45.1 Å². The smallest absolute Gasteiger partial charge is 0.497 e. The van der Waals surface area contributed by atoms with Crippen molar-refractivity contribution in [1.82, 2.24) is 9.97 Å². The fourth-order valence-electron chi connectivity index (χ4n) is 6.50. The summed E-state index contributed by atoms with van der Waals surface area (Å²) in [6.45, 7) is 25.0. The maximum absolute atomic E-state index is 15.5. The average Bonchev–Trinajstić information content (AvgIpc) is 3.09. The van der Waals surface area contributed by atoms with Gasteiger partial charge in [-0.1, -0.05) is 143 Å². The maximum Gasteiger partial charge on any atom is 2.00 e. The van der Waals surface area contributed by atoms with Crippen molar-refractivity contribution in [2.24, 2.45) is 0 Å². The van der Waals surface area contributed by atoms with Crippen molar-refractivity contribution >= 4 is 8.07 Å². The number of halogens is 4. The Balaban J connectivity index is 0.00000696. The van der Waals surface area contributed by atoms with Crippen molar-refractivity contribution < 1.29 is 43.4 Å². The van der Waals surface area contributed by atoms with Gasteiger partial charge in [-0.05, 0) is 68.4 Å². The van der Waals surface area contributed by atoms with Crippen LogP contribution >= 0.6 is 0 Å². The molecule has 0 amide bonds. The molecular formula is C47H54F4N2OPtSi. The minimum Gasteiger partial charge on any atom is -0.497 e. The number of ether oxygens (including phenoxy) is 1. The van der Waals surface area contributed by atoms with Gasteiger partial charge in [0, 0.05) is 29.5 Å². The van der Waals surface area contributed by atoms with Gasteiger partial charge in [0.25, 0.3) is 5.55 Å². The monoisotopic (exact) mass is 961 g/mol. The van der Waals surface area contributed by atoms with Crippen LogP contribution in [0.4, 0.5) is 17.6 Å². The third kappa shape index (κ3) is 9.39. The van der Waals surface area contributed by atoms with Crippen LogP contribution in [-0.4, -0.2) is 23.6 Å². The first-order valence-electron chi connectivity index (χ1n) is 19.0. The molecule has 3 nitrogen and oxygen atoms in total. The third-order valence-corrected chi connectivity index (χ3v) is 12.3. The molecule has 5 aromatic rings. The summed E-state index contributed by atoms with van der Waals surface area (Å²) in [4.78, 5) is 9.14. The Morgan fingerprint density at radius 1 is 0.607 bits per heavy atom. The Morgan fingerprint density at radius 2 is 1.05 bits per heavy atom. The minimum absolute atomic E-state index is 0. The van der Waals surface area contributed by atoms with E-state index in [2.05, 4.69) is 102 Å². The van der Waals surface area contributed by atoms with Crippen LogP contribution in [0, 0.1) is 12.1 Å². The molecule has 0 aliphatic carbocycles. The van der Waals surface area contributed by atoms with Gasteiger partial charge in [0.2, 0.25) is 0 Å². The predicted molar refractivity (Wildman–Crippen MR) is 220 cm³/mol. The van der Waals surface area contributed by atoms with E-state index in [9.17, 15) is 0 Å². The first kappa shape index (κ1) is 45.1. The molecule has 2 aromatic heterocycles. The summed E-state index contributed by atoms with van der Waals surface area (Å²) < 4.78 is 68.0. The molecule has 0 atom stereocenters. The number of hydrogen-bond donors (Lipinski definition) is 0. The zero-order chi connectivity index (χ0) is 40.9. The summed E-state index contributed by atoms with van der Waals surface area (Å²) in [5, 5.41) is 0. The summed E-state index contributed by atoms with van der Waals surface area (Å²) >= 11 is 0. The van der Waals surface area contributed by atoms with Crippen LogP contribution in [0.25, 0.3) is 33.6 Å². The van der Waals surface area contributed by atoms with Gasteiger partial charge in [0.15, 0.2) is 0 Å². The molecule has 5 rings (SSSR count). The van der Waals surface area contributed by atoms with Crippen LogP contribution in [0.2, 0.25) is 19.6 Å². The Morgan fingerprint density at radius 3 is 1.48 bits per heavy atom. The van der Waals surface area contributed by atoms with Gasteiger partial charge in [0.05, 0.1) is 0 Å². The van der Waals surface area contributed by atoms with Crippen LogP contribution in [0.15, 0.2) is 79.1 Å². The molecular weight excluding hydrogens is 908 g/mol. The molecule has 0 spiro atoms. The second kappa shape index (κ2) is 16.3. The van der Waals surface area contributed by atoms with E-state index in [4.69, 9.17) is 9.72 Å². The molecule has 0 bridgehead atoms. The topological polar surface area (TPSA) is 35.0 Å². The zero-order valence-electron chi connectivity index (χ0n) is 34.8. The fraction of sp³-hybridized carbons (Fsp3) is 0.404. The molecule has 0 aliphatic rings. The summed E-state index contributed by atoms with van der Waals surface area (Å²) in [5.41, 5.74) is 3.00. The summed E-state index contributed by atoms with van der Waals surface area (Å²) in [6, 6.07) is 27.0. The molecule has 9 heteroatoms. The Bertz CT molecular complexity index is 2150. The SMILES string of the molecule is CC(C)c1cccc(C(C)C)c1-c1ccnc(-c2[c-]c(Oc3[c-]c(-c4cc(C(F)(F)C(F)(F)[Si](C)(C)C)ccn4)cc(C(C)(C)C)c3)cc(C(C)(C)C)c2)c1.[Pt+2]. The van der Waals surface area contributed by atoms with Crippen LogP contribution in [0.3, 0.4) is 0 Å². The van der Waals surface area contributed by atoms with Crippen LogP contribution < -0.4 is 4.74 Å². The molecule has 0 unspecified atom stereocenters. The zero-order valence-corrected chi connectivity index (χ0v) is 38.1. The van der Waals surface area contributed by atoms with E-state index in [0.717, 1.165) is 46.3 Å². The molecule has 0 saturated heterocycles. The normalized spacial score (nSPS) is 12.9. The van der Waals surface area contributed by atoms with Gasteiger partial charge in [-0.3, -0.25) is 0 Å². The van der Waals surface area contributed by atoms with E-state index in [1.165, 1.54) is 36.3 Å². The number of hydrogen-bond acceptors (Lipinski definition) is 3. The van der Waals surface area contributed by atoms with Gasteiger partial charge in [-0.2, -0.15) is 8.78 Å². The molecule has 0 fully saturated rings. The molecule has 0 N–H and O–H groups in total. The van der Waals surface area contributed by atoms with Gasteiger partial charge >= 0.3 is 27.0 Å². The number of aromatic nitrogens is 2. The van der Waals surface area contributed by atoms with Gasteiger partial charge < -0.3 is 14.7 Å². The van der Waals surface area contributed by atoms with Gasteiger partial charge in [-0.15, -0.1) is 34.4 Å². The van der Waals surface area contributed by atoms with Crippen LogP contribution in [0.5, 0.6) is 11.5 Å². The van der Waals surface area contributed by atoms with E-state index in [0.29, 0.717) is 28.9 Å². The van der Waals surface area contributed by atoms with Crippen molar-refractivity contribution in [3.63, 3.8) is 0 Å². The molecule has 0 radical (unpaired) electrons. The minimum atomic E-state index is -4.38. The molecule has 3 aromatic carbocycles. The van der Waals surface area contributed by atoms with E-state index in [1.807, 2.05) is 39.1 Å². The summed E-state index contributed by atoms with van der Waals surface area (Å²) in [6.07, 6.45) is 2.98. The number of pyridine rings is 2. The number of rotatable bonds is 10. The first-order chi connectivity index (χ1) is 25.3. The number of alkyl halides is 4.